The number of rotatable bonds is 4. The highest BCUT2D eigenvalue weighted by molar-refractivity contribution is 5.86. The molecule has 4 nitrogen and oxygen atoms in total. The molecule has 0 amide bonds. The van der Waals surface area contributed by atoms with E-state index in [1.54, 1.807) is 0 Å². The van der Waals surface area contributed by atoms with Crippen LogP contribution in [-0.2, 0) is 9.53 Å². The fourth-order valence-electron chi connectivity index (χ4n) is 1.66. The third kappa shape index (κ3) is 2.10. The molecule has 0 radical (unpaired) electrons. The minimum Gasteiger partial charge on any atom is -0.494 e. The minimum absolute atomic E-state index is 0.108. The number of anilines is 1. The van der Waals surface area contributed by atoms with Crippen molar-refractivity contribution < 1.29 is 14.3 Å². The molecule has 1 atom stereocenters. The highest BCUT2D eigenvalue weighted by Gasteiger charge is 2.41. The number of benzene rings is 1. The molecular formula is C12H15NO3. The van der Waals surface area contributed by atoms with E-state index in [2.05, 4.69) is 4.74 Å². The predicted molar refractivity (Wildman–Crippen MR) is 60.8 cm³/mol. The summed E-state index contributed by atoms with van der Waals surface area (Å²) in [5.74, 6) is 0.677. The molecule has 1 aliphatic heterocycles. The van der Waals surface area contributed by atoms with E-state index in [1.807, 2.05) is 36.1 Å². The van der Waals surface area contributed by atoms with Crippen LogP contribution in [0.2, 0.25) is 0 Å². The quantitative estimate of drug-likeness (QED) is 0.569. The van der Waals surface area contributed by atoms with Gasteiger partial charge in [0.15, 0.2) is 0 Å². The molecule has 0 spiro atoms. The van der Waals surface area contributed by atoms with Crippen LogP contribution in [0.15, 0.2) is 24.3 Å². The van der Waals surface area contributed by atoms with Crippen molar-refractivity contribution in [3.05, 3.63) is 24.3 Å². The standard InChI is InChI=1S/C12H15NO3/c1-3-16-10-6-4-9(5-7-10)13-8-11(13)12(14)15-2/h4-7,11H,3,8H2,1-2H3. The van der Waals surface area contributed by atoms with E-state index in [9.17, 15) is 4.79 Å². The first-order valence-corrected chi connectivity index (χ1v) is 5.33. The van der Waals surface area contributed by atoms with Crippen molar-refractivity contribution in [3.63, 3.8) is 0 Å². The van der Waals surface area contributed by atoms with Crippen LogP contribution < -0.4 is 9.64 Å². The average Bonchev–Trinajstić information content (AvgIpc) is 3.10. The van der Waals surface area contributed by atoms with Crippen molar-refractivity contribution in [1.82, 2.24) is 0 Å². The summed E-state index contributed by atoms with van der Waals surface area (Å²) in [6, 6.07) is 7.61. The van der Waals surface area contributed by atoms with E-state index in [1.165, 1.54) is 7.11 Å². The van der Waals surface area contributed by atoms with Gasteiger partial charge >= 0.3 is 5.97 Å². The van der Waals surface area contributed by atoms with Crippen LogP contribution >= 0.6 is 0 Å². The fourth-order valence-corrected chi connectivity index (χ4v) is 1.66. The number of methoxy groups -OCH3 is 1. The molecule has 1 unspecified atom stereocenters. The van der Waals surface area contributed by atoms with Gasteiger partial charge in [-0.1, -0.05) is 0 Å². The summed E-state index contributed by atoms with van der Waals surface area (Å²) < 4.78 is 10.0. The van der Waals surface area contributed by atoms with Gasteiger partial charge in [0.2, 0.25) is 0 Å². The van der Waals surface area contributed by atoms with Crippen LogP contribution in [0, 0.1) is 0 Å². The summed E-state index contributed by atoms with van der Waals surface area (Å²) in [6.45, 7) is 3.35. The van der Waals surface area contributed by atoms with Gasteiger partial charge in [0.05, 0.1) is 20.3 Å². The lowest BCUT2D eigenvalue weighted by Gasteiger charge is -2.06. The Morgan fingerprint density at radius 2 is 2.12 bits per heavy atom. The summed E-state index contributed by atoms with van der Waals surface area (Å²) in [5.41, 5.74) is 1.03. The SMILES string of the molecule is CCOc1ccc(N2CC2C(=O)OC)cc1. The van der Waals surface area contributed by atoms with E-state index < -0.39 is 0 Å². The lowest BCUT2D eigenvalue weighted by atomic mass is 10.3. The highest BCUT2D eigenvalue weighted by atomic mass is 16.5. The van der Waals surface area contributed by atoms with Gasteiger partial charge in [-0.25, -0.2) is 4.79 Å². The van der Waals surface area contributed by atoms with Crippen molar-refractivity contribution in [2.75, 3.05) is 25.2 Å². The zero-order chi connectivity index (χ0) is 11.5. The maximum absolute atomic E-state index is 11.2. The first kappa shape index (κ1) is 10.8. The maximum atomic E-state index is 11.2. The minimum atomic E-state index is -0.172. The molecule has 4 heteroatoms. The molecule has 2 rings (SSSR count). The Bertz CT molecular complexity index is 374. The van der Waals surface area contributed by atoms with Crippen molar-refractivity contribution in [3.8, 4) is 5.75 Å². The van der Waals surface area contributed by atoms with Crippen LogP contribution in [0.1, 0.15) is 6.92 Å². The Labute approximate surface area is 94.8 Å². The Morgan fingerprint density at radius 1 is 1.44 bits per heavy atom. The monoisotopic (exact) mass is 221 g/mol. The largest absolute Gasteiger partial charge is 0.494 e. The second-order valence-electron chi connectivity index (χ2n) is 3.62. The normalized spacial score (nSPS) is 18.1. The number of hydrogen-bond donors (Lipinski definition) is 0. The third-order valence-corrected chi connectivity index (χ3v) is 2.56. The zero-order valence-corrected chi connectivity index (χ0v) is 9.47. The Kier molecular flexibility index (Phi) is 2.99. The smallest absolute Gasteiger partial charge is 0.330 e. The lowest BCUT2D eigenvalue weighted by molar-refractivity contribution is -0.139. The topological polar surface area (TPSA) is 38.5 Å². The maximum Gasteiger partial charge on any atom is 0.330 e. The lowest BCUT2D eigenvalue weighted by Crippen LogP contribution is -2.13. The van der Waals surface area contributed by atoms with E-state index in [0.29, 0.717) is 6.61 Å². The van der Waals surface area contributed by atoms with E-state index >= 15 is 0 Å². The molecular weight excluding hydrogens is 206 g/mol. The molecule has 86 valence electrons. The van der Waals surface area contributed by atoms with Crippen LogP contribution in [0.4, 0.5) is 5.69 Å². The molecule has 1 saturated heterocycles. The first-order chi connectivity index (χ1) is 7.76. The third-order valence-electron chi connectivity index (χ3n) is 2.56. The van der Waals surface area contributed by atoms with Gasteiger partial charge in [0.1, 0.15) is 11.8 Å². The van der Waals surface area contributed by atoms with Gasteiger partial charge in [0, 0.05) is 5.69 Å². The van der Waals surface area contributed by atoms with Gasteiger partial charge in [0.25, 0.3) is 0 Å². The van der Waals surface area contributed by atoms with Gasteiger partial charge in [-0.15, -0.1) is 0 Å². The Morgan fingerprint density at radius 3 is 2.69 bits per heavy atom. The number of hydrogen-bond acceptors (Lipinski definition) is 4. The van der Waals surface area contributed by atoms with Crippen LogP contribution in [0.5, 0.6) is 5.75 Å². The highest BCUT2D eigenvalue weighted by Crippen LogP contribution is 2.29. The molecule has 1 heterocycles. The summed E-state index contributed by atoms with van der Waals surface area (Å²) in [6.07, 6.45) is 0. The first-order valence-electron chi connectivity index (χ1n) is 5.33. The van der Waals surface area contributed by atoms with Crippen molar-refractivity contribution in [2.45, 2.75) is 13.0 Å². The van der Waals surface area contributed by atoms with Crippen molar-refractivity contribution >= 4 is 11.7 Å². The zero-order valence-electron chi connectivity index (χ0n) is 9.47. The Hall–Kier alpha value is -1.71. The molecule has 0 N–H and O–H groups in total. The Balaban J connectivity index is 1.99. The van der Waals surface area contributed by atoms with E-state index in [0.717, 1.165) is 18.0 Å². The molecule has 0 aromatic heterocycles. The molecule has 16 heavy (non-hydrogen) atoms. The van der Waals surface area contributed by atoms with E-state index in [-0.39, 0.29) is 12.0 Å². The molecule has 1 aromatic rings. The van der Waals surface area contributed by atoms with E-state index in [4.69, 9.17) is 4.74 Å². The van der Waals surface area contributed by atoms with Gasteiger partial charge in [-0.05, 0) is 31.2 Å². The molecule has 1 aromatic carbocycles. The predicted octanol–water partition coefficient (Wildman–Crippen LogP) is 1.45. The number of carbonyl (C=O) groups is 1. The molecule has 1 aliphatic rings. The molecule has 1 fully saturated rings. The van der Waals surface area contributed by atoms with Crippen molar-refractivity contribution in [1.29, 1.82) is 0 Å². The fraction of sp³-hybridized carbons (Fsp3) is 0.417. The second kappa shape index (κ2) is 4.43. The van der Waals surface area contributed by atoms with Crippen LogP contribution in [0.3, 0.4) is 0 Å². The average molecular weight is 221 g/mol. The van der Waals surface area contributed by atoms with Gasteiger partial charge < -0.3 is 14.4 Å². The number of carbonyl (C=O) groups excluding carboxylic acids is 1. The van der Waals surface area contributed by atoms with Gasteiger partial charge in [-0.3, -0.25) is 0 Å². The molecule has 0 aliphatic carbocycles. The number of esters is 1. The van der Waals surface area contributed by atoms with Crippen molar-refractivity contribution in [2.24, 2.45) is 0 Å². The number of ether oxygens (including phenoxy) is 2. The summed E-state index contributed by atoms with van der Waals surface area (Å²) in [7, 11) is 1.41. The van der Waals surface area contributed by atoms with Crippen LogP contribution in [0.25, 0.3) is 0 Å². The summed E-state index contributed by atoms with van der Waals surface area (Å²) in [5, 5.41) is 0. The number of nitrogens with zero attached hydrogens (tertiary/aromatic N) is 1. The molecule has 0 bridgehead atoms. The summed E-state index contributed by atoms with van der Waals surface area (Å²) >= 11 is 0. The van der Waals surface area contributed by atoms with Gasteiger partial charge in [-0.2, -0.15) is 0 Å². The summed E-state index contributed by atoms with van der Waals surface area (Å²) in [4.78, 5) is 13.2. The molecule has 0 saturated carbocycles. The second-order valence-corrected chi connectivity index (χ2v) is 3.62. The van der Waals surface area contributed by atoms with Crippen LogP contribution in [-0.4, -0.2) is 32.3 Å².